The molecule has 0 aromatic heterocycles. The summed E-state index contributed by atoms with van der Waals surface area (Å²) in [6.07, 6.45) is 4.12. The Balaban J connectivity index is 2.43. The number of allylic oxidation sites excluding steroid dienone is 2. The highest BCUT2D eigenvalue weighted by Gasteiger charge is 1.92. The van der Waals surface area contributed by atoms with E-state index < -0.39 is 0 Å². The molecule has 0 amide bonds. The van der Waals surface area contributed by atoms with Gasteiger partial charge in [-0.05, 0) is 29.3 Å². The average molecular weight is 194 g/mol. The lowest BCUT2D eigenvalue weighted by atomic mass is 10.1. The van der Waals surface area contributed by atoms with Gasteiger partial charge < -0.3 is 0 Å². The van der Waals surface area contributed by atoms with E-state index in [1.54, 1.807) is 0 Å². The zero-order valence-corrected chi connectivity index (χ0v) is 8.90. The molecule has 0 aliphatic rings. The monoisotopic (exact) mass is 194 g/mol. The zero-order valence-electron chi connectivity index (χ0n) is 8.90. The Bertz CT molecular complexity index is 518. The van der Waals surface area contributed by atoms with Crippen LogP contribution in [0, 0.1) is 0 Å². The summed E-state index contributed by atoms with van der Waals surface area (Å²) in [5.74, 6) is 0. The van der Waals surface area contributed by atoms with Gasteiger partial charge in [-0.1, -0.05) is 60.7 Å². The highest BCUT2D eigenvalue weighted by molar-refractivity contribution is 5.84. The molecule has 0 bridgehead atoms. The summed E-state index contributed by atoms with van der Waals surface area (Å²) in [5.41, 5.74) is 2.29. The van der Waals surface area contributed by atoms with E-state index in [1.165, 1.54) is 16.3 Å². The van der Waals surface area contributed by atoms with Crippen molar-refractivity contribution < 1.29 is 0 Å². The third-order valence-corrected chi connectivity index (χ3v) is 2.33. The fourth-order valence-corrected chi connectivity index (χ4v) is 1.55. The van der Waals surface area contributed by atoms with E-state index in [0.29, 0.717) is 0 Å². The van der Waals surface area contributed by atoms with Crippen LogP contribution in [-0.4, -0.2) is 0 Å². The molecule has 15 heavy (non-hydrogen) atoms. The molecule has 2 aromatic carbocycles. The quantitative estimate of drug-likeness (QED) is 0.620. The summed E-state index contributed by atoms with van der Waals surface area (Å²) in [7, 11) is 0. The van der Waals surface area contributed by atoms with E-state index in [4.69, 9.17) is 0 Å². The lowest BCUT2D eigenvalue weighted by Crippen LogP contribution is -1.75. The van der Waals surface area contributed by atoms with E-state index in [-0.39, 0.29) is 0 Å². The van der Waals surface area contributed by atoms with E-state index in [0.717, 1.165) is 5.57 Å². The molecular weight excluding hydrogens is 180 g/mol. The van der Waals surface area contributed by atoms with Gasteiger partial charge in [-0.15, -0.1) is 0 Å². The topological polar surface area (TPSA) is 0 Å². The molecule has 0 nitrogen and oxygen atoms in total. The lowest BCUT2D eigenvalue weighted by molar-refractivity contribution is 1.57. The molecule has 0 saturated heterocycles. The average Bonchev–Trinajstić information content (AvgIpc) is 2.26. The summed E-state index contributed by atoms with van der Waals surface area (Å²) >= 11 is 0. The molecular formula is C15H14. The van der Waals surface area contributed by atoms with Crippen LogP contribution in [0.4, 0.5) is 0 Å². The van der Waals surface area contributed by atoms with Gasteiger partial charge in [0.1, 0.15) is 0 Å². The van der Waals surface area contributed by atoms with E-state index >= 15 is 0 Å². The van der Waals surface area contributed by atoms with Crippen molar-refractivity contribution in [1.82, 2.24) is 0 Å². The van der Waals surface area contributed by atoms with Gasteiger partial charge in [0.2, 0.25) is 0 Å². The first-order chi connectivity index (χ1) is 7.25. The second kappa shape index (κ2) is 4.14. The Labute approximate surface area is 90.6 Å². The fourth-order valence-electron chi connectivity index (χ4n) is 1.55. The molecule has 74 valence electrons. The standard InChI is InChI=1S/C15H14/c1-12(2)7-8-13-9-10-14-5-3-4-6-15(14)11-13/h3-11H,1H2,2H3/b8-7-. The van der Waals surface area contributed by atoms with Crippen LogP contribution in [0.5, 0.6) is 0 Å². The Hall–Kier alpha value is -1.82. The predicted octanol–water partition coefficient (Wildman–Crippen LogP) is 4.43. The summed E-state index contributed by atoms with van der Waals surface area (Å²) in [6, 6.07) is 14.8. The van der Waals surface area contributed by atoms with E-state index in [9.17, 15) is 0 Å². The van der Waals surface area contributed by atoms with Crippen molar-refractivity contribution >= 4 is 16.8 Å². The largest absolute Gasteiger partial charge is 0.0961 e. The van der Waals surface area contributed by atoms with Crippen molar-refractivity contribution in [2.24, 2.45) is 0 Å². The molecule has 2 aromatic rings. The fraction of sp³-hybridized carbons (Fsp3) is 0.0667. The molecule has 0 aliphatic heterocycles. The van der Waals surface area contributed by atoms with Crippen molar-refractivity contribution in [2.75, 3.05) is 0 Å². The molecule has 0 atom stereocenters. The van der Waals surface area contributed by atoms with Crippen molar-refractivity contribution in [3.63, 3.8) is 0 Å². The van der Waals surface area contributed by atoms with Crippen LogP contribution in [0.25, 0.3) is 16.8 Å². The van der Waals surface area contributed by atoms with E-state index in [2.05, 4.69) is 55.1 Å². The van der Waals surface area contributed by atoms with Crippen LogP contribution < -0.4 is 0 Å². The van der Waals surface area contributed by atoms with Gasteiger partial charge >= 0.3 is 0 Å². The minimum atomic E-state index is 1.07. The van der Waals surface area contributed by atoms with Gasteiger partial charge in [0.25, 0.3) is 0 Å². The maximum atomic E-state index is 3.85. The van der Waals surface area contributed by atoms with Crippen LogP contribution in [-0.2, 0) is 0 Å². The van der Waals surface area contributed by atoms with E-state index in [1.807, 2.05) is 13.0 Å². The van der Waals surface area contributed by atoms with Gasteiger partial charge in [0.05, 0.1) is 0 Å². The third-order valence-electron chi connectivity index (χ3n) is 2.33. The summed E-state index contributed by atoms with van der Waals surface area (Å²) in [6.45, 7) is 5.84. The third kappa shape index (κ3) is 2.35. The summed E-state index contributed by atoms with van der Waals surface area (Å²) in [5, 5.41) is 2.56. The van der Waals surface area contributed by atoms with Crippen molar-refractivity contribution in [2.45, 2.75) is 6.92 Å². The van der Waals surface area contributed by atoms with Crippen LogP contribution in [0.15, 0.2) is 60.7 Å². The molecule has 2 rings (SSSR count). The first-order valence-electron chi connectivity index (χ1n) is 5.08. The van der Waals surface area contributed by atoms with Crippen LogP contribution in [0.2, 0.25) is 0 Å². The maximum absolute atomic E-state index is 3.85. The number of benzene rings is 2. The normalized spacial score (nSPS) is 11.0. The number of rotatable bonds is 2. The molecule has 0 saturated carbocycles. The highest BCUT2D eigenvalue weighted by Crippen LogP contribution is 2.16. The Kier molecular flexibility index (Phi) is 2.68. The second-order valence-electron chi connectivity index (χ2n) is 3.79. The zero-order chi connectivity index (χ0) is 10.7. The Morgan fingerprint density at radius 3 is 2.53 bits per heavy atom. The van der Waals surface area contributed by atoms with Gasteiger partial charge in [-0.2, -0.15) is 0 Å². The minimum Gasteiger partial charge on any atom is -0.0961 e. The first kappa shape index (κ1) is 9.72. The maximum Gasteiger partial charge on any atom is -0.0178 e. The number of hydrogen-bond donors (Lipinski definition) is 0. The van der Waals surface area contributed by atoms with Crippen molar-refractivity contribution in [3.05, 3.63) is 66.3 Å². The molecule has 0 radical (unpaired) electrons. The molecule has 0 heteroatoms. The number of fused-ring (bicyclic) bond motifs is 1. The van der Waals surface area contributed by atoms with Gasteiger partial charge in [0, 0.05) is 0 Å². The molecule has 0 N–H and O–H groups in total. The van der Waals surface area contributed by atoms with Crippen molar-refractivity contribution in [1.29, 1.82) is 0 Å². The Morgan fingerprint density at radius 1 is 1.07 bits per heavy atom. The predicted molar refractivity (Wildman–Crippen MR) is 67.8 cm³/mol. The second-order valence-corrected chi connectivity index (χ2v) is 3.79. The van der Waals surface area contributed by atoms with Gasteiger partial charge in [-0.3, -0.25) is 0 Å². The molecule has 0 fully saturated rings. The molecule has 0 heterocycles. The lowest BCUT2D eigenvalue weighted by Gasteiger charge is -1.98. The number of hydrogen-bond acceptors (Lipinski definition) is 0. The Morgan fingerprint density at radius 2 is 1.80 bits per heavy atom. The smallest absolute Gasteiger partial charge is 0.0178 e. The summed E-state index contributed by atoms with van der Waals surface area (Å²) < 4.78 is 0. The van der Waals surface area contributed by atoms with Gasteiger partial charge in [0.15, 0.2) is 0 Å². The molecule has 0 aliphatic carbocycles. The highest BCUT2D eigenvalue weighted by atomic mass is 14.0. The first-order valence-corrected chi connectivity index (χ1v) is 5.08. The summed E-state index contributed by atoms with van der Waals surface area (Å²) in [4.78, 5) is 0. The van der Waals surface area contributed by atoms with Gasteiger partial charge in [-0.25, -0.2) is 0 Å². The molecule has 0 unspecified atom stereocenters. The van der Waals surface area contributed by atoms with Crippen LogP contribution in [0.3, 0.4) is 0 Å². The van der Waals surface area contributed by atoms with Crippen LogP contribution in [0.1, 0.15) is 12.5 Å². The SMILES string of the molecule is C=C(C)/C=C\c1ccc2ccccc2c1. The van der Waals surface area contributed by atoms with Crippen molar-refractivity contribution in [3.8, 4) is 0 Å². The minimum absolute atomic E-state index is 1.07. The molecule has 0 spiro atoms. The van der Waals surface area contributed by atoms with Crippen LogP contribution >= 0.6 is 0 Å².